The molecule has 9 heteroatoms. The molecule has 0 aliphatic heterocycles. The van der Waals surface area contributed by atoms with Crippen molar-refractivity contribution in [1.82, 2.24) is 15.5 Å². The summed E-state index contributed by atoms with van der Waals surface area (Å²) < 4.78 is 22.5. The fourth-order valence-electron chi connectivity index (χ4n) is 3.07. The van der Waals surface area contributed by atoms with Gasteiger partial charge in [0, 0.05) is 12.6 Å². The van der Waals surface area contributed by atoms with Gasteiger partial charge in [0.1, 0.15) is 5.82 Å². The Hall–Kier alpha value is -2.52. The molecular formula is C18H23N5O3S. The minimum atomic E-state index is -3.69. The summed E-state index contributed by atoms with van der Waals surface area (Å²) in [5.41, 5.74) is 1.15. The molecule has 1 aliphatic rings. The molecule has 1 saturated carbocycles. The summed E-state index contributed by atoms with van der Waals surface area (Å²) in [6.45, 7) is 0.400. The maximum Gasteiger partial charge on any atom is 0.271 e. The number of benzene rings is 1. The van der Waals surface area contributed by atoms with Gasteiger partial charge in [-0.05, 0) is 49.1 Å². The second-order valence-corrected chi connectivity index (χ2v) is 8.19. The molecule has 1 aromatic carbocycles. The van der Waals surface area contributed by atoms with Crippen LogP contribution in [0.2, 0.25) is 0 Å². The Kier molecular flexibility index (Phi) is 6.02. The quantitative estimate of drug-likeness (QED) is 0.658. The summed E-state index contributed by atoms with van der Waals surface area (Å²) in [5.74, 6) is 0.393. The number of amides is 1. The van der Waals surface area contributed by atoms with Crippen molar-refractivity contribution in [1.29, 1.82) is 0 Å². The lowest BCUT2D eigenvalue weighted by molar-refractivity contribution is 0.0948. The van der Waals surface area contributed by atoms with E-state index in [1.807, 2.05) is 0 Å². The van der Waals surface area contributed by atoms with Gasteiger partial charge in [-0.2, -0.15) is 0 Å². The van der Waals surface area contributed by atoms with Crippen LogP contribution in [0.3, 0.4) is 0 Å². The van der Waals surface area contributed by atoms with Gasteiger partial charge in [-0.25, -0.2) is 13.6 Å². The number of hydrogen-bond acceptors (Lipinski definition) is 6. The average molecular weight is 389 g/mol. The van der Waals surface area contributed by atoms with Crippen molar-refractivity contribution in [2.75, 3.05) is 11.9 Å². The van der Waals surface area contributed by atoms with Crippen LogP contribution in [0, 0.1) is 0 Å². The Morgan fingerprint density at radius 2 is 1.78 bits per heavy atom. The highest BCUT2D eigenvalue weighted by atomic mass is 32.2. The molecule has 0 atom stereocenters. The maximum absolute atomic E-state index is 12.1. The average Bonchev–Trinajstić information content (AvgIpc) is 3.15. The van der Waals surface area contributed by atoms with E-state index in [1.165, 1.54) is 25.0 Å². The lowest BCUT2D eigenvalue weighted by atomic mass is 10.1. The molecule has 1 amide bonds. The van der Waals surface area contributed by atoms with Gasteiger partial charge in [0.05, 0.1) is 4.90 Å². The van der Waals surface area contributed by atoms with Crippen molar-refractivity contribution >= 4 is 21.7 Å². The van der Waals surface area contributed by atoms with Crippen molar-refractivity contribution < 1.29 is 13.2 Å². The van der Waals surface area contributed by atoms with Gasteiger partial charge in [0.2, 0.25) is 10.0 Å². The number of carbonyl (C=O) groups is 1. The molecule has 1 aliphatic carbocycles. The normalized spacial score (nSPS) is 14.9. The van der Waals surface area contributed by atoms with Gasteiger partial charge in [0.15, 0.2) is 5.69 Å². The van der Waals surface area contributed by atoms with Crippen LogP contribution >= 0.6 is 0 Å². The number of anilines is 1. The number of nitrogens with one attached hydrogen (secondary N) is 2. The van der Waals surface area contributed by atoms with Gasteiger partial charge in [0.25, 0.3) is 5.91 Å². The molecule has 1 heterocycles. The van der Waals surface area contributed by atoms with E-state index in [1.54, 1.807) is 24.3 Å². The largest absolute Gasteiger partial charge is 0.366 e. The third kappa shape index (κ3) is 5.48. The summed E-state index contributed by atoms with van der Waals surface area (Å²) in [6.07, 6.45) is 5.31. The minimum Gasteiger partial charge on any atom is -0.366 e. The fourth-order valence-corrected chi connectivity index (χ4v) is 3.58. The molecule has 3 rings (SSSR count). The minimum absolute atomic E-state index is 0.0665. The van der Waals surface area contributed by atoms with Gasteiger partial charge in [-0.3, -0.25) is 4.79 Å². The highest BCUT2D eigenvalue weighted by Crippen LogP contribution is 2.21. The molecule has 8 nitrogen and oxygen atoms in total. The highest BCUT2D eigenvalue weighted by molar-refractivity contribution is 7.89. The van der Waals surface area contributed by atoms with Crippen LogP contribution in [0.4, 0.5) is 5.82 Å². The molecule has 27 heavy (non-hydrogen) atoms. The van der Waals surface area contributed by atoms with E-state index in [-0.39, 0.29) is 16.5 Å². The smallest absolute Gasteiger partial charge is 0.271 e. The summed E-state index contributed by atoms with van der Waals surface area (Å²) in [4.78, 5) is 12.2. The molecule has 4 N–H and O–H groups in total. The van der Waals surface area contributed by atoms with Crippen LogP contribution < -0.4 is 15.8 Å². The number of sulfonamides is 1. The van der Waals surface area contributed by atoms with E-state index in [4.69, 9.17) is 5.14 Å². The van der Waals surface area contributed by atoms with Gasteiger partial charge < -0.3 is 10.6 Å². The molecule has 144 valence electrons. The molecule has 0 saturated heterocycles. The number of carbonyl (C=O) groups excluding carboxylic acids is 1. The predicted molar refractivity (Wildman–Crippen MR) is 102 cm³/mol. The summed E-state index contributed by atoms with van der Waals surface area (Å²) in [5, 5.41) is 19.2. The number of aromatic nitrogens is 2. The first-order chi connectivity index (χ1) is 12.9. The molecule has 0 unspecified atom stereocenters. The number of nitrogens with two attached hydrogens (primary N) is 1. The Morgan fingerprint density at radius 3 is 2.37 bits per heavy atom. The third-order valence-corrected chi connectivity index (χ3v) is 5.48. The molecule has 1 aromatic heterocycles. The van der Waals surface area contributed by atoms with Gasteiger partial charge in [-0.15, -0.1) is 10.2 Å². The van der Waals surface area contributed by atoms with Crippen LogP contribution in [0.1, 0.15) is 41.7 Å². The van der Waals surface area contributed by atoms with E-state index in [2.05, 4.69) is 20.8 Å². The summed E-state index contributed by atoms with van der Waals surface area (Å²) in [7, 11) is -3.69. The van der Waals surface area contributed by atoms with Crippen LogP contribution in [0.25, 0.3) is 0 Å². The van der Waals surface area contributed by atoms with Crippen LogP contribution in [-0.2, 0) is 16.4 Å². The second kappa shape index (κ2) is 8.45. The Bertz CT molecular complexity index is 876. The van der Waals surface area contributed by atoms with Crippen LogP contribution in [0.15, 0.2) is 41.3 Å². The lowest BCUT2D eigenvalue weighted by Crippen LogP contribution is -2.27. The van der Waals surface area contributed by atoms with Crippen molar-refractivity contribution in [2.45, 2.75) is 43.0 Å². The standard InChI is InChI=1S/C18H23N5O3S/c19-27(25,26)15-7-5-13(6-8-15)11-12-20-18(24)16-9-10-17(23-22-16)21-14-3-1-2-4-14/h5-10,14H,1-4,11-12H2,(H,20,24)(H,21,23)(H2,19,25,26). The van der Waals surface area contributed by atoms with Crippen LogP contribution in [0.5, 0.6) is 0 Å². The van der Waals surface area contributed by atoms with E-state index in [0.717, 1.165) is 18.4 Å². The van der Waals surface area contributed by atoms with Crippen molar-refractivity contribution in [3.8, 4) is 0 Å². The van der Waals surface area contributed by atoms with Crippen molar-refractivity contribution in [3.63, 3.8) is 0 Å². The molecule has 0 spiro atoms. The van der Waals surface area contributed by atoms with Crippen molar-refractivity contribution in [2.24, 2.45) is 5.14 Å². The number of nitrogens with zero attached hydrogens (tertiary/aromatic N) is 2. The molecule has 0 bridgehead atoms. The monoisotopic (exact) mass is 389 g/mol. The summed E-state index contributed by atoms with van der Waals surface area (Å²) in [6, 6.07) is 10.1. The summed E-state index contributed by atoms with van der Waals surface area (Å²) >= 11 is 0. The second-order valence-electron chi connectivity index (χ2n) is 6.62. The molecular weight excluding hydrogens is 366 g/mol. The first-order valence-corrected chi connectivity index (χ1v) is 10.5. The molecule has 1 fully saturated rings. The van der Waals surface area contributed by atoms with E-state index < -0.39 is 10.0 Å². The van der Waals surface area contributed by atoms with Gasteiger partial charge >= 0.3 is 0 Å². The Balaban J connectivity index is 1.47. The van der Waals surface area contributed by atoms with Gasteiger partial charge in [-0.1, -0.05) is 25.0 Å². The maximum atomic E-state index is 12.1. The van der Waals surface area contributed by atoms with Crippen molar-refractivity contribution in [3.05, 3.63) is 47.7 Å². The number of rotatable bonds is 7. The first-order valence-electron chi connectivity index (χ1n) is 8.92. The van der Waals surface area contributed by atoms with Crippen LogP contribution in [-0.4, -0.2) is 37.1 Å². The molecule has 0 radical (unpaired) electrons. The Morgan fingerprint density at radius 1 is 1.07 bits per heavy atom. The van der Waals surface area contributed by atoms with E-state index in [9.17, 15) is 13.2 Å². The zero-order chi connectivity index (χ0) is 19.3. The number of hydrogen-bond donors (Lipinski definition) is 3. The van der Waals surface area contributed by atoms with E-state index in [0.29, 0.717) is 24.8 Å². The topological polar surface area (TPSA) is 127 Å². The van der Waals surface area contributed by atoms with E-state index >= 15 is 0 Å². The first kappa shape index (κ1) is 19.2. The Labute approximate surface area is 158 Å². The third-order valence-electron chi connectivity index (χ3n) is 4.56. The zero-order valence-electron chi connectivity index (χ0n) is 14.9. The SMILES string of the molecule is NS(=O)(=O)c1ccc(CCNC(=O)c2ccc(NC3CCCC3)nn2)cc1. The number of primary sulfonamides is 1. The predicted octanol–water partition coefficient (Wildman–Crippen LogP) is 1.45. The highest BCUT2D eigenvalue weighted by Gasteiger charge is 2.15. The lowest BCUT2D eigenvalue weighted by Gasteiger charge is -2.12. The fraction of sp³-hybridized carbons (Fsp3) is 0.389. The zero-order valence-corrected chi connectivity index (χ0v) is 15.7. The molecule has 2 aromatic rings.